The summed E-state index contributed by atoms with van der Waals surface area (Å²) in [6.45, 7) is 3.94. The molecule has 1 fully saturated rings. The Morgan fingerprint density at radius 1 is 1.26 bits per heavy atom. The van der Waals surface area contributed by atoms with Gasteiger partial charge in [0, 0.05) is 36.7 Å². The number of aromatic nitrogens is 2. The smallest absolute Gasteiger partial charge is 0.248 e. The number of benzene rings is 2. The van der Waals surface area contributed by atoms with E-state index in [1.165, 1.54) is 12.4 Å². The topological polar surface area (TPSA) is 88.6 Å². The van der Waals surface area contributed by atoms with Crippen molar-refractivity contribution in [2.75, 3.05) is 44.5 Å². The first-order valence-electron chi connectivity index (χ1n) is 12.0. The zero-order valence-corrected chi connectivity index (χ0v) is 20.5. The molecule has 0 aliphatic carbocycles. The quantitative estimate of drug-likeness (QED) is 0.420. The Labute approximate surface area is 206 Å². The van der Waals surface area contributed by atoms with E-state index in [1.807, 2.05) is 55.4 Å². The van der Waals surface area contributed by atoms with Crippen LogP contribution < -0.4 is 15.4 Å². The number of fused-ring (bicyclic) bond motifs is 1. The molecule has 1 aromatic heterocycles. The minimum Gasteiger partial charge on any atom is -0.489 e. The minimum atomic E-state index is -0.225. The van der Waals surface area contributed by atoms with Gasteiger partial charge in [-0.05, 0) is 45.5 Å². The van der Waals surface area contributed by atoms with Crippen molar-refractivity contribution in [2.45, 2.75) is 31.9 Å². The molecule has 0 saturated carbocycles. The third kappa shape index (κ3) is 6.77. The maximum Gasteiger partial charge on any atom is 0.248 e. The van der Waals surface area contributed by atoms with Gasteiger partial charge in [0.15, 0.2) is 0 Å². The summed E-state index contributed by atoms with van der Waals surface area (Å²) >= 11 is 0. The van der Waals surface area contributed by atoms with Crippen molar-refractivity contribution < 1.29 is 14.3 Å². The molecule has 0 radical (unpaired) electrons. The molecular weight excluding hydrogens is 442 g/mol. The Morgan fingerprint density at radius 2 is 2.09 bits per heavy atom. The number of hydrogen-bond donors (Lipinski definition) is 2. The van der Waals surface area contributed by atoms with E-state index in [4.69, 9.17) is 9.47 Å². The SMILES string of the molecule is C[C@@H](Nc1ncnc2cc(OCC3CCCO3)c(NC(=O)/C=C/CN(C)C)cc12)c1ccccc1. The zero-order valence-electron chi connectivity index (χ0n) is 20.5. The second kappa shape index (κ2) is 11.8. The van der Waals surface area contributed by atoms with Crippen LogP contribution in [0.3, 0.4) is 0 Å². The zero-order chi connectivity index (χ0) is 24.6. The average Bonchev–Trinajstić information content (AvgIpc) is 3.37. The van der Waals surface area contributed by atoms with Gasteiger partial charge in [0.05, 0.1) is 17.3 Å². The van der Waals surface area contributed by atoms with Crippen molar-refractivity contribution in [3.63, 3.8) is 0 Å². The first-order valence-corrected chi connectivity index (χ1v) is 12.0. The van der Waals surface area contributed by atoms with Crippen LogP contribution in [0.1, 0.15) is 31.4 Å². The molecule has 1 unspecified atom stereocenters. The molecule has 2 N–H and O–H groups in total. The lowest BCUT2D eigenvalue weighted by atomic mass is 10.1. The van der Waals surface area contributed by atoms with Crippen LogP contribution >= 0.6 is 0 Å². The second-order valence-electron chi connectivity index (χ2n) is 8.96. The van der Waals surface area contributed by atoms with Gasteiger partial charge < -0.3 is 25.0 Å². The molecule has 2 atom stereocenters. The maximum absolute atomic E-state index is 12.6. The predicted octanol–water partition coefficient (Wildman–Crippen LogP) is 4.42. The van der Waals surface area contributed by atoms with E-state index in [9.17, 15) is 4.79 Å². The van der Waals surface area contributed by atoms with Gasteiger partial charge in [-0.15, -0.1) is 0 Å². The summed E-state index contributed by atoms with van der Waals surface area (Å²) in [5, 5.41) is 7.25. The Balaban J connectivity index is 1.62. The monoisotopic (exact) mass is 475 g/mol. The largest absolute Gasteiger partial charge is 0.489 e. The maximum atomic E-state index is 12.6. The van der Waals surface area contributed by atoms with Crippen molar-refractivity contribution in [1.82, 2.24) is 14.9 Å². The van der Waals surface area contributed by atoms with Gasteiger partial charge >= 0.3 is 0 Å². The molecule has 1 aliphatic heterocycles. The highest BCUT2D eigenvalue weighted by Crippen LogP contribution is 2.34. The van der Waals surface area contributed by atoms with E-state index >= 15 is 0 Å². The summed E-state index contributed by atoms with van der Waals surface area (Å²) in [6.07, 6.45) is 6.95. The van der Waals surface area contributed by atoms with E-state index in [2.05, 4.69) is 39.7 Å². The highest BCUT2D eigenvalue weighted by Gasteiger charge is 2.19. The van der Waals surface area contributed by atoms with Crippen LogP contribution in [0.2, 0.25) is 0 Å². The number of hydrogen-bond acceptors (Lipinski definition) is 7. The van der Waals surface area contributed by atoms with Gasteiger partial charge in [0.2, 0.25) is 5.91 Å². The van der Waals surface area contributed by atoms with Crippen LogP contribution in [-0.4, -0.2) is 60.7 Å². The highest BCUT2D eigenvalue weighted by molar-refractivity contribution is 6.03. The van der Waals surface area contributed by atoms with Crippen molar-refractivity contribution in [3.8, 4) is 5.75 Å². The van der Waals surface area contributed by atoms with Crippen molar-refractivity contribution >= 4 is 28.3 Å². The lowest BCUT2D eigenvalue weighted by Gasteiger charge is -2.18. The summed E-state index contributed by atoms with van der Waals surface area (Å²) in [7, 11) is 3.90. The molecular formula is C27H33N5O3. The molecule has 2 heterocycles. The van der Waals surface area contributed by atoms with Gasteiger partial charge in [-0.2, -0.15) is 0 Å². The number of rotatable bonds is 10. The molecule has 1 saturated heterocycles. The van der Waals surface area contributed by atoms with Crippen LogP contribution in [-0.2, 0) is 9.53 Å². The molecule has 8 nitrogen and oxygen atoms in total. The van der Waals surface area contributed by atoms with Crippen LogP contribution in [0.5, 0.6) is 5.75 Å². The van der Waals surface area contributed by atoms with E-state index in [0.717, 1.165) is 35.9 Å². The fraction of sp³-hybridized carbons (Fsp3) is 0.370. The highest BCUT2D eigenvalue weighted by atomic mass is 16.5. The van der Waals surface area contributed by atoms with E-state index < -0.39 is 0 Å². The molecule has 1 aliphatic rings. The summed E-state index contributed by atoms with van der Waals surface area (Å²) in [5.41, 5.74) is 2.45. The van der Waals surface area contributed by atoms with Crippen molar-refractivity contribution in [3.05, 3.63) is 66.5 Å². The first-order chi connectivity index (χ1) is 17.0. The lowest BCUT2D eigenvalue weighted by Crippen LogP contribution is -2.18. The normalized spacial score (nSPS) is 16.6. The molecule has 2 aromatic carbocycles. The Kier molecular flexibility index (Phi) is 8.28. The molecule has 0 bridgehead atoms. The van der Waals surface area contributed by atoms with Gasteiger partial charge in [-0.1, -0.05) is 36.4 Å². The summed E-state index contributed by atoms with van der Waals surface area (Å²) in [5.74, 6) is 1.02. The Morgan fingerprint density at radius 3 is 2.83 bits per heavy atom. The molecule has 4 rings (SSSR count). The predicted molar refractivity (Wildman–Crippen MR) is 139 cm³/mol. The summed E-state index contributed by atoms with van der Waals surface area (Å²) in [4.78, 5) is 23.6. The number of ether oxygens (including phenoxy) is 2. The average molecular weight is 476 g/mol. The molecule has 35 heavy (non-hydrogen) atoms. The van der Waals surface area contributed by atoms with Crippen molar-refractivity contribution in [2.24, 2.45) is 0 Å². The lowest BCUT2D eigenvalue weighted by molar-refractivity contribution is -0.111. The molecule has 184 valence electrons. The number of likely N-dealkylation sites (N-methyl/N-ethyl adjacent to an activating group) is 1. The van der Waals surface area contributed by atoms with Crippen molar-refractivity contribution in [1.29, 1.82) is 0 Å². The molecule has 3 aromatic rings. The number of amides is 1. The van der Waals surface area contributed by atoms with Gasteiger partial charge in [-0.3, -0.25) is 4.79 Å². The molecule has 8 heteroatoms. The fourth-order valence-electron chi connectivity index (χ4n) is 3.95. The van der Waals surface area contributed by atoms with E-state index in [1.54, 1.807) is 0 Å². The third-order valence-corrected chi connectivity index (χ3v) is 5.84. The first kappa shape index (κ1) is 24.6. The second-order valence-corrected chi connectivity index (χ2v) is 8.96. The number of nitrogens with zero attached hydrogens (tertiary/aromatic N) is 3. The van der Waals surface area contributed by atoms with Crippen LogP contribution in [0.15, 0.2) is 60.9 Å². The van der Waals surface area contributed by atoms with Gasteiger partial charge in [0.1, 0.15) is 24.5 Å². The van der Waals surface area contributed by atoms with Gasteiger partial charge in [0.25, 0.3) is 0 Å². The number of carbonyl (C=O) groups excluding carboxylic acids is 1. The van der Waals surface area contributed by atoms with Crippen LogP contribution in [0.25, 0.3) is 10.9 Å². The summed E-state index contributed by atoms with van der Waals surface area (Å²) < 4.78 is 11.8. The molecule has 0 spiro atoms. The number of anilines is 2. The van der Waals surface area contributed by atoms with Crippen LogP contribution in [0.4, 0.5) is 11.5 Å². The summed E-state index contributed by atoms with van der Waals surface area (Å²) in [6, 6.07) is 13.9. The minimum absolute atomic E-state index is 0.0387. The fourth-order valence-corrected chi connectivity index (χ4v) is 3.95. The van der Waals surface area contributed by atoms with E-state index in [-0.39, 0.29) is 18.1 Å². The number of nitrogens with one attached hydrogen (secondary N) is 2. The van der Waals surface area contributed by atoms with E-state index in [0.29, 0.717) is 30.4 Å². The standard InChI is InChI=1S/C27H33N5O3/c1-19(20-9-5-4-6-10-20)30-27-22-15-24(31-26(33)12-7-13-32(2)3)25(16-23(22)28-18-29-27)35-17-21-11-8-14-34-21/h4-7,9-10,12,15-16,18-19,21H,8,11,13-14,17H2,1-3H3,(H,31,33)(H,28,29,30)/b12-7+/t19-,21?/m1/s1. The number of carbonyl (C=O) groups is 1. The van der Waals surface area contributed by atoms with Crippen LogP contribution in [0, 0.1) is 0 Å². The van der Waals surface area contributed by atoms with Gasteiger partial charge in [-0.25, -0.2) is 9.97 Å². The third-order valence-electron chi connectivity index (χ3n) is 5.84. The molecule has 1 amide bonds. The Hall–Kier alpha value is -3.49. The Bertz CT molecular complexity index is 1160.